The summed E-state index contributed by atoms with van der Waals surface area (Å²) in [6, 6.07) is 0. The Balaban J connectivity index is 3.79. The lowest BCUT2D eigenvalue weighted by Crippen LogP contribution is -1.86. The first kappa shape index (κ1) is 19.2. The predicted octanol–water partition coefficient (Wildman–Crippen LogP) is 7.23. The summed E-state index contributed by atoms with van der Waals surface area (Å²) >= 11 is 0. The Morgan fingerprint density at radius 2 is 1.25 bits per heavy atom. The molecule has 0 saturated heterocycles. The first-order valence-electron chi connectivity index (χ1n) is 8.36. The van der Waals surface area contributed by atoms with Gasteiger partial charge in [-0.05, 0) is 72.1 Å². The van der Waals surface area contributed by atoms with Crippen molar-refractivity contribution in [2.45, 2.75) is 86.5 Å². The normalized spacial score (nSPS) is 12.9. The Labute approximate surface area is 128 Å². The number of unbranched alkanes of at least 4 members (excludes halogenated alkanes) is 1. The molecule has 0 rings (SSSR count). The SMILES string of the molecule is CC(C)=CCC/C(C)=C/CC/C(C)=C/CCCC(C)C. The molecule has 116 valence electrons. The van der Waals surface area contributed by atoms with E-state index >= 15 is 0 Å². The smallest absolute Gasteiger partial charge is 0.0288 e. The minimum atomic E-state index is 0.843. The largest absolute Gasteiger partial charge is 0.0856 e. The lowest BCUT2D eigenvalue weighted by molar-refractivity contribution is 0.559. The molecular weight excluding hydrogens is 240 g/mol. The minimum Gasteiger partial charge on any atom is -0.0856 e. The fourth-order valence-electron chi connectivity index (χ4n) is 2.21. The van der Waals surface area contributed by atoms with Gasteiger partial charge in [0.2, 0.25) is 0 Å². The Morgan fingerprint density at radius 3 is 1.75 bits per heavy atom. The highest BCUT2D eigenvalue weighted by molar-refractivity contribution is 5.05. The molecule has 0 bridgehead atoms. The van der Waals surface area contributed by atoms with Crippen LogP contribution in [0.2, 0.25) is 0 Å². The van der Waals surface area contributed by atoms with Crippen LogP contribution >= 0.6 is 0 Å². The van der Waals surface area contributed by atoms with E-state index in [9.17, 15) is 0 Å². The molecule has 20 heavy (non-hydrogen) atoms. The van der Waals surface area contributed by atoms with Crippen LogP contribution in [0.1, 0.15) is 86.5 Å². The average molecular weight is 277 g/mol. The van der Waals surface area contributed by atoms with Crippen LogP contribution in [-0.2, 0) is 0 Å². The Bertz CT molecular complexity index is 322. The molecule has 0 aliphatic heterocycles. The zero-order valence-corrected chi connectivity index (χ0v) is 14.8. The van der Waals surface area contributed by atoms with Crippen LogP contribution in [0.25, 0.3) is 0 Å². The quantitative estimate of drug-likeness (QED) is 0.291. The van der Waals surface area contributed by atoms with Crippen LogP contribution in [0.15, 0.2) is 34.9 Å². The van der Waals surface area contributed by atoms with Crippen LogP contribution in [-0.4, -0.2) is 0 Å². The van der Waals surface area contributed by atoms with Crippen molar-refractivity contribution in [2.75, 3.05) is 0 Å². The second-order valence-corrected chi connectivity index (χ2v) is 6.78. The zero-order valence-electron chi connectivity index (χ0n) is 14.8. The molecule has 0 unspecified atom stereocenters. The number of allylic oxidation sites excluding steroid dienone is 6. The number of rotatable bonds is 10. The van der Waals surface area contributed by atoms with Crippen molar-refractivity contribution in [3.05, 3.63) is 34.9 Å². The van der Waals surface area contributed by atoms with Crippen LogP contribution in [0.5, 0.6) is 0 Å². The molecule has 0 amide bonds. The lowest BCUT2D eigenvalue weighted by atomic mass is 10.0. The molecule has 0 heterocycles. The molecule has 0 spiro atoms. The monoisotopic (exact) mass is 276 g/mol. The molecule has 0 nitrogen and oxygen atoms in total. The van der Waals surface area contributed by atoms with Gasteiger partial charge in [0, 0.05) is 0 Å². The molecule has 0 aliphatic rings. The molecule has 0 aromatic carbocycles. The molecule has 0 aromatic rings. The highest BCUT2D eigenvalue weighted by atomic mass is 14.0. The van der Waals surface area contributed by atoms with Crippen LogP contribution in [0.3, 0.4) is 0 Å². The van der Waals surface area contributed by atoms with Crippen LogP contribution < -0.4 is 0 Å². The maximum absolute atomic E-state index is 2.44. The van der Waals surface area contributed by atoms with E-state index < -0.39 is 0 Å². The summed E-state index contributed by atoms with van der Waals surface area (Å²) in [4.78, 5) is 0. The summed E-state index contributed by atoms with van der Waals surface area (Å²) < 4.78 is 0. The maximum Gasteiger partial charge on any atom is -0.0288 e. The van der Waals surface area contributed by atoms with Crippen molar-refractivity contribution < 1.29 is 0 Å². The van der Waals surface area contributed by atoms with Crippen molar-refractivity contribution in [2.24, 2.45) is 5.92 Å². The van der Waals surface area contributed by atoms with Gasteiger partial charge in [0.25, 0.3) is 0 Å². The second kappa shape index (κ2) is 12.0. The molecule has 0 fully saturated rings. The van der Waals surface area contributed by atoms with Crippen LogP contribution in [0, 0.1) is 5.92 Å². The Morgan fingerprint density at radius 1 is 0.750 bits per heavy atom. The average Bonchev–Trinajstić information content (AvgIpc) is 2.34. The van der Waals surface area contributed by atoms with Crippen molar-refractivity contribution in [1.82, 2.24) is 0 Å². The fourth-order valence-corrected chi connectivity index (χ4v) is 2.21. The third kappa shape index (κ3) is 13.6. The highest BCUT2D eigenvalue weighted by Crippen LogP contribution is 2.13. The van der Waals surface area contributed by atoms with E-state index in [0.717, 1.165) is 5.92 Å². The number of hydrogen-bond acceptors (Lipinski definition) is 0. The van der Waals surface area contributed by atoms with Gasteiger partial charge in [-0.1, -0.05) is 55.2 Å². The van der Waals surface area contributed by atoms with E-state index in [0.29, 0.717) is 0 Å². The molecule has 0 atom stereocenters. The standard InChI is InChI=1S/C20H36/c1-17(2)11-7-8-13-19(5)15-10-16-20(6)14-9-12-18(3)4/h12-13,16-17H,7-11,14-15H2,1-6H3/b19-13+,20-16+. The maximum atomic E-state index is 2.44. The van der Waals surface area contributed by atoms with Gasteiger partial charge in [-0.2, -0.15) is 0 Å². The predicted molar refractivity (Wildman–Crippen MR) is 94.1 cm³/mol. The second-order valence-electron chi connectivity index (χ2n) is 6.78. The van der Waals surface area contributed by atoms with Crippen LogP contribution in [0.4, 0.5) is 0 Å². The van der Waals surface area contributed by atoms with Gasteiger partial charge < -0.3 is 0 Å². The first-order valence-corrected chi connectivity index (χ1v) is 8.36. The van der Waals surface area contributed by atoms with E-state index in [1.54, 1.807) is 5.57 Å². The zero-order chi connectivity index (χ0) is 15.4. The van der Waals surface area contributed by atoms with Gasteiger partial charge >= 0.3 is 0 Å². The summed E-state index contributed by atoms with van der Waals surface area (Å²) in [5, 5.41) is 0. The molecular formula is C20H36. The summed E-state index contributed by atoms with van der Waals surface area (Å²) in [7, 11) is 0. The lowest BCUT2D eigenvalue weighted by Gasteiger charge is -2.03. The molecule has 0 N–H and O–H groups in total. The van der Waals surface area contributed by atoms with Crippen molar-refractivity contribution in [1.29, 1.82) is 0 Å². The van der Waals surface area contributed by atoms with E-state index in [1.807, 2.05) is 0 Å². The summed E-state index contributed by atoms with van der Waals surface area (Å²) in [6.45, 7) is 13.5. The van der Waals surface area contributed by atoms with E-state index in [2.05, 4.69) is 59.8 Å². The fraction of sp³-hybridized carbons (Fsp3) is 0.700. The summed E-state index contributed by atoms with van der Waals surface area (Å²) in [6.07, 6.45) is 16.0. The van der Waals surface area contributed by atoms with Gasteiger partial charge in [0.15, 0.2) is 0 Å². The van der Waals surface area contributed by atoms with E-state index in [4.69, 9.17) is 0 Å². The molecule has 0 aliphatic carbocycles. The van der Waals surface area contributed by atoms with E-state index in [1.165, 1.54) is 56.1 Å². The molecule has 0 heteroatoms. The Kier molecular flexibility index (Phi) is 11.5. The van der Waals surface area contributed by atoms with Gasteiger partial charge in [-0.3, -0.25) is 0 Å². The summed E-state index contributed by atoms with van der Waals surface area (Å²) in [5.74, 6) is 0.843. The third-order valence-electron chi connectivity index (χ3n) is 3.60. The molecule has 0 radical (unpaired) electrons. The summed E-state index contributed by atoms with van der Waals surface area (Å²) in [5.41, 5.74) is 4.52. The highest BCUT2D eigenvalue weighted by Gasteiger charge is 1.94. The minimum absolute atomic E-state index is 0.843. The van der Waals surface area contributed by atoms with Crippen molar-refractivity contribution >= 4 is 0 Å². The third-order valence-corrected chi connectivity index (χ3v) is 3.60. The molecule has 0 aromatic heterocycles. The van der Waals surface area contributed by atoms with E-state index in [-0.39, 0.29) is 0 Å². The van der Waals surface area contributed by atoms with Gasteiger partial charge in [0.1, 0.15) is 0 Å². The Hall–Kier alpha value is -0.780. The van der Waals surface area contributed by atoms with Gasteiger partial charge in [-0.15, -0.1) is 0 Å². The topological polar surface area (TPSA) is 0 Å². The van der Waals surface area contributed by atoms with Gasteiger partial charge in [-0.25, -0.2) is 0 Å². The number of hydrogen-bond donors (Lipinski definition) is 0. The van der Waals surface area contributed by atoms with Gasteiger partial charge in [0.05, 0.1) is 0 Å². The molecule has 0 saturated carbocycles. The van der Waals surface area contributed by atoms with Crippen molar-refractivity contribution in [3.8, 4) is 0 Å². The van der Waals surface area contributed by atoms with Crippen molar-refractivity contribution in [3.63, 3.8) is 0 Å². The first-order chi connectivity index (χ1) is 9.41.